The van der Waals surface area contributed by atoms with Crippen molar-refractivity contribution in [2.24, 2.45) is 28.8 Å². The van der Waals surface area contributed by atoms with Crippen molar-refractivity contribution >= 4 is 23.7 Å². The van der Waals surface area contributed by atoms with Gasteiger partial charge in [-0.2, -0.15) is 10.1 Å². The SMILES string of the molecule is C#CCOc1ccc([N+](=O)[O-])cc1/C=N\N1C(=O)[C@@H]2[C@@H](C1=O)[C@H]1C=C[C@H]2C1. The molecule has 2 aliphatic carbocycles. The van der Waals surface area contributed by atoms with Gasteiger partial charge < -0.3 is 4.74 Å². The van der Waals surface area contributed by atoms with Gasteiger partial charge in [-0.15, -0.1) is 6.42 Å². The number of allylic oxidation sites excluding steroid dienone is 2. The molecule has 4 rings (SSSR count). The molecule has 4 atom stereocenters. The van der Waals surface area contributed by atoms with Crippen LogP contribution in [0.2, 0.25) is 0 Å². The standard InChI is InChI=1S/C19H15N3O5/c1-2-7-27-15-6-5-14(22(25)26)9-13(15)10-20-21-18(23)16-11-3-4-12(8-11)17(16)19(21)24/h1,3-6,9-12,16-17H,7-8H2/b20-10-/t11-,12-,16-,17-/m0/s1. The number of nitro benzene ring substituents is 1. The average Bonchev–Trinajstić information content (AvgIpc) is 3.33. The Morgan fingerprint density at radius 2 is 1.96 bits per heavy atom. The van der Waals surface area contributed by atoms with Gasteiger partial charge in [-0.05, 0) is 24.3 Å². The summed E-state index contributed by atoms with van der Waals surface area (Å²) in [4.78, 5) is 35.7. The molecule has 3 aliphatic rings. The number of hydrogen-bond donors (Lipinski definition) is 0. The largest absolute Gasteiger partial charge is 0.480 e. The lowest BCUT2D eigenvalue weighted by Crippen LogP contribution is -2.28. The number of ether oxygens (including phenoxy) is 1. The van der Waals surface area contributed by atoms with Crippen LogP contribution in [0.4, 0.5) is 5.69 Å². The summed E-state index contributed by atoms with van der Waals surface area (Å²) in [7, 11) is 0. The lowest BCUT2D eigenvalue weighted by atomic mass is 9.85. The summed E-state index contributed by atoms with van der Waals surface area (Å²) in [6.07, 6.45) is 11.2. The third-order valence-electron chi connectivity index (χ3n) is 5.27. The summed E-state index contributed by atoms with van der Waals surface area (Å²) < 4.78 is 5.36. The number of benzene rings is 1. The molecule has 2 fully saturated rings. The van der Waals surface area contributed by atoms with Gasteiger partial charge in [0.1, 0.15) is 12.4 Å². The first-order valence-corrected chi connectivity index (χ1v) is 8.46. The molecule has 8 heteroatoms. The van der Waals surface area contributed by atoms with Crippen molar-refractivity contribution in [3.8, 4) is 18.1 Å². The second kappa shape index (κ2) is 6.36. The van der Waals surface area contributed by atoms with Crippen LogP contribution < -0.4 is 4.74 Å². The van der Waals surface area contributed by atoms with Gasteiger partial charge in [-0.1, -0.05) is 18.1 Å². The van der Waals surface area contributed by atoms with E-state index in [1.54, 1.807) is 0 Å². The number of carbonyl (C=O) groups is 2. The molecule has 2 bridgehead atoms. The highest BCUT2D eigenvalue weighted by Gasteiger charge is 2.59. The van der Waals surface area contributed by atoms with Crippen LogP contribution in [0.3, 0.4) is 0 Å². The third-order valence-corrected chi connectivity index (χ3v) is 5.27. The number of terminal acetylenes is 1. The number of rotatable bonds is 5. The van der Waals surface area contributed by atoms with Crippen LogP contribution in [0.15, 0.2) is 35.5 Å². The van der Waals surface area contributed by atoms with Crippen molar-refractivity contribution in [3.05, 3.63) is 46.0 Å². The van der Waals surface area contributed by atoms with Gasteiger partial charge in [0.25, 0.3) is 17.5 Å². The zero-order valence-corrected chi connectivity index (χ0v) is 14.1. The smallest absolute Gasteiger partial charge is 0.270 e. The molecular formula is C19H15N3O5. The lowest BCUT2D eigenvalue weighted by molar-refractivity contribution is -0.384. The molecular weight excluding hydrogens is 350 g/mol. The molecule has 1 aliphatic heterocycles. The highest BCUT2D eigenvalue weighted by Crippen LogP contribution is 2.52. The molecule has 8 nitrogen and oxygen atoms in total. The molecule has 1 heterocycles. The lowest BCUT2D eigenvalue weighted by Gasteiger charge is -2.13. The van der Waals surface area contributed by atoms with Gasteiger partial charge >= 0.3 is 0 Å². The highest BCUT2D eigenvalue weighted by molar-refractivity contribution is 6.07. The zero-order valence-electron chi connectivity index (χ0n) is 14.1. The van der Waals surface area contributed by atoms with Gasteiger partial charge in [-0.25, -0.2) is 0 Å². The Labute approximate surface area is 154 Å². The fraction of sp³-hybridized carbons (Fsp3) is 0.316. The maximum Gasteiger partial charge on any atom is 0.270 e. The quantitative estimate of drug-likeness (QED) is 0.198. The number of fused-ring (bicyclic) bond motifs is 5. The van der Waals surface area contributed by atoms with E-state index in [-0.39, 0.29) is 59.1 Å². The number of hydrogen-bond acceptors (Lipinski definition) is 6. The van der Waals surface area contributed by atoms with Crippen molar-refractivity contribution in [1.82, 2.24) is 5.01 Å². The summed E-state index contributed by atoms with van der Waals surface area (Å²) in [5, 5.41) is 15.9. The maximum absolute atomic E-state index is 12.6. The summed E-state index contributed by atoms with van der Waals surface area (Å²) in [6, 6.07) is 3.94. The summed E-state index contributed by atoms with van der Waals surface area (Å²) in [5.41, 5.74) is 0.0981. The van der Waals surface area contributed by atoms with Crippen molar-refractivity contribution in [2.45, 2.75) is 6.42 Å². The molecule has 0 radical (unpaired) electrons. The van der Waals surface area contributed by atoms with Crippen LogP contribution in [0.5, 0.6) is 5.75 Å². The molecule has 0 unspecified atom stereocenters. The molecule has 27 heavy (non-hydrogen) atoms. The molecule has 0 spiro atoms. The second-order valence-corrected chi connectivity index (χ2v) is 6.70. The van der Waals surface area contributed by atoms with E-state index in [2.05, 4.69) is 11.0 Å². The van der Waals surface area contributed by atoms with Crippen LogP contribution in [0.25, 0.3) is 0 Å². The predicted molar refractivity (Wildman–Crippen MR) is 94.6 cm³/mol. The minimum absolute atomic E-state index is 0.0284. The van der Waals surface area contributed by atoms with Gasteiger partial charge in [-0.3, -0.25) is 19.7 Å². The van der Waals surface area contributed by atoms with E-state index in [0.717, 1.165) is 11.4 Å². The van der Waals surface area contributed by atoms with E-state index in [4.69, 9.17) is 11.2 Å². The van der Waals surface area contributed by atoms with Crippen molar-refractivity contribution in [3.63, 3.8) is 0 Å². The van der Waals surface area contributed by atoms with Crippen LogP contribution in [-0.2, 0) is 9.59 Å². The predicted octanol–water partition coefficient (Wildman–Crippen LogP) is 1.75. The topological polar surface area (TPSA) is 102 Å². The van der Waals surface area contributed by atoms with Gasteiger partial charge in [0, 0.05) is 17.7 Å². The Morgan fingerprint density at radius 1 is 1.30 bits per heavy atom. The van der Waals surface area contributed by atoms with E-state index in [0.29, 0.717) is 0 Å². The van der Waals surface area contributed by atoms with Crippen LogP contribution in [0, 0.1) is 46.1 Å². The fourth-order valence-electron chi connectivity index (χ4n) is 4.12. The Morgan fingerprint density at radius 3 is 2.56 bits per heavy atom. The molecule has 1 aromatic carbocycles. The Hall–Kier alpha value is -3.47. The number of nitrogens with zero attached hydrogens (tertiary/aromatic N) is 3. The van der Waals surface area contributed by atoms with E-state index in [1.165, 1.54) is 24.4 Å². The van der Waals surface area contributed by atoms with Crippen molar-refractivity contribution in [1.29, 1.82) is 0 Å². The zero-order chi connectivity index (χ0) is 19.1. The van der Waals surface area contributed by atoms with Crippen molar-refractivity contribution < 1.29 is 19.2 Å². The Bertz CT molecular complexity index is 915. The maximum atomic E-state index is 12.6. The van der Waals surface area contributed by atoms with Crippen LogP contribution in [0.1, 0.15) is 12.0 Å². The first-order chi connectivity index (χ1) is 13.0. The van der Waals surface area contributed by atoms with Gasteiger partial charge in [0.15, 0.2) is 0 Å². The molecule has 0 N–H and O–H groups in total. The van der Waals surface area contributed by atoms with E-state index in [1.807, 2.05) is 12.2 Å². The van der Waals surface area contributed by atoms with Crippen LogP contribution in [-0.4, -0.2) is 34.6 Å². The number of hydrazone groups is 1. The number of amides is 2. The highest BCUT2D eigenvalue weighted by atomic mass is 16.6. The molecule has 2 amide bonds. The fourth-order valence-corrected chi connectivity index (χ4v) is 4.12. The van der Waals surface area contributed by atoms with Gasteiger partial charge in [0.2, 0.25) is 0 Å². The average molecular weight is 365 g/mol. The minimum atomic E-state index is -0.553. The van der Waals surface area contributed by atoms with Crippen molar-refractivity contribution in [2.75, 3.05) is 6.61 Å². The number of non-ortho nitro benzene ring substituents is 1. The normalized spacial score (nSPS) is 28.0. The number of nitro groups is 1. The minimum Gasteiger partial charge on any atom is -0.480 e. The summed E-state index contributed by atoms with van der Waals surface area (Å²) in [5.74, 6) is 1.41. The summed E-state index contributed by atoms with van der Waals surface area (Å²) >= 11 is 0. The number of carbonyl (C=O) groups excluding carboxylic acids is 2. The monoisotopic (exact) mass is 365 g/mol. The molecule has 1 aromatic rings. The Balaban J connectivity index is 1.62. The van der Waals surface area contributed by atoms with E-state index >= 15 is 0 Å². The van der Waals surface area contributed by atoms with Crippen LogP contribution >= 0.6 is 0 Å². The molecule has 1 saturated heterocycles. The summed E-state index contributed by atoms with van der Waals surface area (Å²) in [6.45, 7) is -0.0284. The Kier molecular flexibility index (Phi) is 4.00. The van der Waals surface area contributed by atoms with E-state index in [9.17, 15) is 19.7 Å². The molecule has 136 valence electrons. The number of imide groups is 1. The van der Waals surface area contributed by atoms with E-state index < -0.39 is 4.92 Å². The third kappa shape index (κ3) is 2.68. The van der Waals surface area contributed by atoms with Gasteiger partial charge in [0.05, 0.1) is 23.0 Å². The molecule has 0 aromatic heterocycles. The second-order valence-electron chi connectivity index (χ2n) is 6.70. The first kappa shape index (κ1) is 17.0. The molecule has 1 saturated carbocycles. The first-order valence-electron chi connectivity index (χ1n) is 8.46.